The van der Waals surface area contributed by atoms with Crippen molar-refractivity contribution in [2.45, 2.75) is 4.90 Å². The molecule has 0 aliphatic carbocycles. The number of carbonyl (C=O) groups excluding carboxylic acids is 2. The molecule has 0 saturated carbocycles. The summed E-state index contributed by atoms with van der Waals surface area (Å²) in [6.07, 6.45) is 1.91. The Bertz CT molecular complexity index is 798. The molecule has 0 aromatic heterocycles. The second kappa shape index (κ2) is 8.99. The quantitative estimate of drug-likeness (QED) is 0.571. The lowest BCUT2D eigenvalue weighted by Crippen LogP contribution is -2.21. The first kappa shape index (κ1) is 19.4. The van der Waals surface area contributed by atoms with Gasteiger partial charge in [-0.25, -0.2) is 4.79 Å². The van der Waals surface area contributed by atoms with Gasteiger partial charge >= 0.3 is 5.97 Å². The van der Waals surface area contributed by atoms with Gasteiger partial charge in [-0.3, -0.25) is 4.79 Å². The van der Waals surface area contributed by atoms with Gasteiger partial charge in [0.05, 0.1) is 17.8 Å². The number of nitrogens with one attached hydrogen (secondary N) is 1. The van der Waals surface area contributed by atoms with E-state index in [1.54, 1.807) is 30.3 Å². The first-order chi connectivity index (χ1) is 11.9. The molecule has 2 aromatic carbocycles. The van der Waals surface area contributed by atoms with Crippen molar-refractivity contribution in [2.75, 3.05) is 25.3 Å². The smallest absolute Gasteiger partial charge is 0.342 e. The van der Waals surface area contributed by atoms with Crippen LogP contribution in [0.25, 0.3) is 0 Å². The van der Waals surface area contributed by atoms with E-state index >= 15 is 0 Å². The summed E-state index contributed by atoms with van der Waals surface area (Å²) < 4.78 is 10.2. The fourth-order valence-corrected chi connectivity index (χ4v) is 2.72. The van der Waals surface area contributed by atoms with Crippen molar-refractivity contribution in [1.82, 2.24) is 0 Å². The van der Waals surface area contributed by atoms with E-state index in [-0.39, 0.29) is 5.56 Å². The third kappa shape index (κ3) is 5.29. The molecular weight excluding hydrogens is 385 g/mol. The number of thioether (sulfide) groups is 1. The summed E-state index contributed by atoms with van der Waals surface area (Å²) in [5.41, 5.74) is 0.589. The highest BCUT2D eigenvalue weighted by molar-refractivity contribution is 7.98. The molecule has 0 bridgehead atoms. The summed E-state index contributed by atoms with van der Waals surface area (Å²) in [5, 5.41) is 3.30. The lowest BCUT2D eigenvalue weighted by molar-refractivity contribution is -0.119. The van der Waals surface area contributed by atoms with Gasteiger partial charge in [0.2, 0.25) is 0 Å². The Morgan fingerprint density at radius 1 is 1.16 bits per heavy atom. The normalized spacial score (nSPS) is 10.2. The summed E-state index contributed by atoms with van der Waals surface area (Å²) in [4.78, 5) is 25.1. The first-order valence-electron chi connectivity index (χ1n) is 7.08. The number of methoxy groups -OCH3 is 1. The van der Waals surface area contributed by atoms with Crippen molar-refractivity contribution < 1.29 is 19.1 Å². The summed E-state index contributed by atoms with van der Waals surface area (Å²) in [7, 11) is 1.46. The number of esters is 1. The molecular formula is C17H15Cl2NO4S. The third-order valence-corrected chi connectivity index (χ3v) is 4.46. The largest absolute Gasteiger partial charge is 0.496 e. The molecule has 1 N–H and O–H groups in total. The van der Waals surface area contributed by atoms with Crippen LogP contribution < -0.4 is 10.1 Å². The Morgan fingerprint density at radius 3 is 2.60 bits per heavy atom. The molecule has 0 aliphatic rings. The number of amides is 1. The van der Waals surface area contributed by atoms with E-state index in [0.717, 1.165) is 4.90 Å². The van der Waals surface area contributed by atoms with Crippen molar-refractivity contribution >= 4 is 52.5 Å². The number of benzene rings is 2. The van der Waals surface area contributed by atoms with Crippen LogP contribution in [0.4, 0.5) is 5.69 Å². The fraction of sp³-hybridized carbons (Fsp3) is 0.176. The second-order valence-electron chi connectivity index (χ2n) is 4.81. The SMILES string of the molecule is COc1cc(SC)ccc1C(=O)OCC(=O)Nc1cc(Cl)ccc1Cl. The number of halogens is 2. The molecule has 2 rings (SSSR count). The maximum absolute atomic E-state index is 12.2. The molecule has 0 saturated heterocycles. The standard InChI is InChI=1S/C17H15Cl2NO4S/c1-23-15-8-11(25-2)4-5-12(15)17(22)24-9-16(21)20-14-7-10(18)3-6-13(14)19/h3-8H,9H2,1-2H3,(H,20,21). The molecule has 8 heteroatoms. The zero-order valence-electron chi connectivity index (χ0n) is 13.5. The molecule has 5 nitrogen and oxygen atoms in total. The van der Waals surface area contributed by atoms with Gasteiger partial charge in [0.1, 0.15) is 11.3 Å². The minimum absolute atomic E-state index is 0.244. The number of ether oxygens (including phenoxy) is 2. The molecule has 0 fully saturated rings. The number of rotatable bonds is 6. The van der Waals surface area contributed by atoms with Gasteiger partial charge in [-0.15, -0.1) is 11.8 Å². The van der Waals surface area contributed by atoms with Gasteiger partial charge in [-0.2, -0.15) is 0 Å². The molecule has 1 amide bonds. The van der Waals surface area contributed by atoms with E-state index in [2.05, 4.69) is 5.32 Å². The monoisotopic (exact) mass is 399 g/mol. The summed E-state index contributed by atoms with van der Waals surface area (Å²) in [6.45, 7) is -0.463. The molecule has 0 unspecified atom stereocenters. The predicted molar refractivity (Wildman–Crippen MR) is 100 cm³/mol. The topological polar surface area (TPSA) is 64.6 Å². The molecule has 0 spiro atoms. The van der Waals surface area contributed by atoms with E-state index < -0.39 is 18.5 Å². The Labute approximate surface area is 159 Å². The Hall–Kier alpha value is -1.89. The summed E-state index contributed by atoms with van der Waals surface area (Å²) >= 11 is 13.3. The van der Waals surface area contributed by atoms with Crippen LogP contribution >= 0.6 is 35.0 Å². The molecule has 0 aliphatic heterocycles. The van der Waals surface area contributed by atoms with Gasteiger partial charge in [-0.1, -0.05) is 23.2 Å². The molecule has 25 heavy (non-hydrogen) atoms. The maximum Gasteiger partial charge on any atom is 0.342 e. The lowest BCUT2D eigenvalue weighted by atomic mass is 10.2. The van der Waals surface area contributed by atoms with Crippen molar-refractivity contribution in [1.29, 1.82) is 0 Å². The molecule has 0 radical (unpaired) electrons. The van der Waals surface area contributed by atoms with Crippen LogP contribution in [-0.2, 0) is 9.53 Å². The lowest BCUT2D eigenvalue weighted by Gasteiger charge is -2.11. The van der Waals surface area contributed by atoms with Gasteiger partial charge in [0.25, 0.3) is 5.91 Å². The van der Waals surface area contributed by atoms with Crippen LogP contribution in [0.1, 0.15) is 10.4 Å². The van der Waals surface area contributed by atoms with Crippen LogP contribution in [0.3, 0.4) is 0 Å². The minimum Gasteiger partial charge on any atom is -0.496 e. The van der Waals surface area contributed by atoms with Crippen molar-refractivity contribution in [3.8, 4) is 5.75 Å². The summed E-state index contributed by atoms with van der Waals surface area (Å²) in [6, 6.07) is 9.77. The molecule has 0 atom stereocenters. The first-order valence-corrected chi connectivity index (χ1v) is 9.06. The van der Waals surface area contributed by atoms with Crippen LogP contribution in [0.5, 0.6) is 5.75 Å². The fourth-order valence-electron chi connectivity index (χ4n) is 1.96. The van der Waals surface area contributed by atoms with Gasteiger partial charge < -0.3 is 14.8 Å². The van der Waals surface area contributed by atoms with Crippen LogP contribution in [0.15, 0.2) is 41.3 Å². The predicted octanol–water partition coefficient (Wildman–Crippen LogP) is 4.52. The van der Waals surface area contributed by atoms with Gasteiger partial charge in [-0.05, 0) is 42.7 Å². The Morgan fingerprint density at radius 2 is 1.92 bits per heavy atom. The van der Waals surface area contributed by atoms with Crippen molar-refractivity contribution in [3.63, 3.8) is 0 Å². The van der Waals surface area contributed by atoms with E-state index in [4.69, 9.17) is 32.7 Å². The van der Waals surface area contributed by atoms with Crippen LogP contribution in [0, 0.1) is 0 Å². The highest BCUT2D eigenvalue weighted by Crippen LogP contribution is 2.27. The van der Waals surface area contributed by atoms with E-state index in [9.17, 15) is 9.59 Å². The Kier molecular flexibility index (Phi) is 6.99. The van der Waals surface area contributed by atoms with Crippen LogP contribution in [-0.4, -0.2) is 31.8 Å². The zero-order valence-corrected chi connectivity index (χ0v) is 15.8. The number of hydrogen-bond donors (Lipinski definition) is 1. The van der Waals surface area contributed by atoms with E-state index in [1.165, 1.54) is 24.9 Å². The molecule has 0 heterocycles. The van der Waals surface area contributed by atoms with Crippen LogP contribution in [0.2, 0.25) is 10.0 Å². The van der Waals surface area contributed by atoms with Crippen molar-refractivity contribution in [3.05, 3.63) is 52.0 Å². The molecule has 132 valence electrons. The second-order valence-corrected chi connectivity index (χ2v) is 6.54. The number of anilines is 1. The van der Waals surface area contributed by atoms with E-state index in [1.807, 2.05) is 6.26 Å². The highest BCUT2D eigenvalue weighted by atomic mass is 35.5. The van der Waals surface area contributed by atoms with Gasteiger partial charge in [0.15, 0.2) is 6.61 Å². The van der Waals surface area contributed by atoms with Gasteiger partial charge in [0, 0.05) is 9.92 Å². The average Bonchev–Trinajstić information content (AvgIpc) is 2.62. The highest BCUT2D eigenvalue weighted by Gasteiger charge is 2.16. The zero-order chi connectivity index (χ0) is 18.4. The number of carbonyl (C=O) groups is 2. The Balaban J connectivity index is 2.00. The number of hydrogen-bond acceptors (Lipinski definition) is 5. The van der Waals surface area contributed by atoms with E-state index in [0.29, 0.717) is 21.5 Å². The maximum atomic E-state index is 12.2. The average molecular weight is 400 g/mol. The van der Waals surface area contributed by atoms with Crippen molar-refractivity contribution in [2.24, 2.45) is 0 Å². The third-order valence-electron chi connectivity index (χ3n) is 3.17. The summed E-state index contributed by atoms with van der Waals surface area (Å²) in [5.74, 6) is -0.802. The minimum atomic E-state index is -0.656. The molecule has 2 aromatic rings.